The van der Waals surface area contributed by atoms with Crippen molar-refractivity contribution in [3.05, 3.63) is 0 Å². The highest BCUT2D eigenvalue weighted by Crippen LogP contribution is 1.85. The molecule has 3 N–H and O–H groups in total. The first kappa shape index (κ1) is 17.5. The molecule has 0 aromatic carbocycles. The molecule has 0 rings (SSSR count). The van der Waals surface area contributed by atoms with Crippen LogP contribution in [0, 0.1) is 0 Å². The fraction of sp³-hybridized carbons (Fsp3) is 0.875. The van der Waals surface area contributed by atoms with Gasteiger partial charge in [0, 0.05) is 13.0 Å². The van der Waals surface area contributed by atoms with Crippen LogP contribution in [0.15, 0.2) is 0 Å². The zero-order chi connectivity index (χ0) is 9.44. The van der Waals surface area contributed by atoms with E-state index in [1.54, 1.807) is 13.8 Å². The number of carbonyl (C=O) groups is 1. The monoisotopic (exact) mass is 180 g/mol. The molecular formula is C8H20O4. The number of hydrogen-bond donors (Lipinski definition) is 1. The number of rotatable bonds is 1. The Labute approximate surface area is 73.8 Å². The van der Waals surface area contributed by atoms with Crippen LogP contribution in [0.4, 0.5) is 0 Å². The Morgan fingerprint density at radius 3 is 1.50 bits per heavy atom. The molecule has 0 aliphatic heterocycles. The third-order valence-electron chi connectivity index (χ3n) is 0.402. The van der Waals surface area contributed by atoms with Crippen LogP contribution in [0.1, 0.15) is 34.6 Å². The molecule has 4 nitrogen and oxygen atoms in total. The molecule has 0 aliphatic rings. The summed E-state index contributed by atoms with van der Waals surface area (Å²) in [4.78, 5) is 10.0. The summed E-state index contributed by atoms with van der Waals surface area (Å²) >= 11 is 0. The average Bonchev–Trinajstić information content (AvgIpc) is 1.56. The summed E-state index contributed by atoms with van der Waals surface area (Å²) in [5.41, 5.74) is 0. The van der Waals surface area contributed by atoms with Crippen molar-refractivity contribution in [3.8, 4) is 0 Å². The fourth-order valence-corrected chi connectivity index (χ4v) is 0.332. The normalized spacial score (nSPS) is 8.33. The largest absolute Gasteiger partial charge is 0.463 e. The van der Waals surface area contributed by atoms with Gasteiger partial charge in [-0.1, -0.05) is 0 Å². The zero-order valence-corrected chi connectivity index (χ0v) is 8.42. The minimum atomic E-state index is -0.213. The molecule has 0 radical (unpaired) electrons. The van der Waals surface area contributed by atoms with E-state index in [4.69, 9.17) is 5.11 Å². The van der Waals surface area contributed by atoms with Crippen LogP contribution in [0.2, 0.25) is 0 Å². The molecule has 76 valence electrons. The molecule has 0 saturated carbocycles. The van der Waals surface area contributed by atoms with Gasteiger partial charge in [-0.2, -0.15) is 0 Å². The van der Waals surface area contributed by atoms with E-state index in [1.165, 1.54) is 6.92 Å². The van der Waals surface area contributed by atoms with Crippen LogP contribution in [0.3, 0.4) is 0 Å². The Balaban J connectivity index is -0.000000142. The highest BCUT2D eigenvalue weighted by molar-refractivity contribution is 5.66. The Bertz CT molecular complexity index is 96.5. The van der Waals surface area contributed by atoms with Crippen molar-refractivity contribution in [2.45, 2.75) is 46.8 Å². The first-order chi connectivity index (χ1) is 4.86. The summed E-state index contributed by atoms with van der Waals surface area (Å²) in [7, 11) is 0. The van der Waals surface area contributed by atoms with Gasteiger partial charge >= 0.3 is 5.97 Å². The van der Waals surface area contributed by atoms with Gasteiger partial charge in [0.2, 0.25) is 0 Å². The molecule has 0 atom stereocenters. The van der Waals surface area contributed by atoms with Crippen molar-refractivity contribution in [1.29, 1.82) is 0 Å². The quantitative estimate of drug-likeness (QED) is 0.597. The average molecular weight is 180 g/mol. The number of aliphatic hydroxyl groups is 1. The molecule has 0 aromatic heterocycles. The molecule has 0 fully saturated rings. The lowest BCUT2D eigenvalue weighted by molar-refractivity contribution is -0.144. The van der Waals surface area contributed by atoms with Gasteiger partial charge in [-0.05, 0) is 27.7 Å². The van der Waals surface area contributed by atoms with E-state index in [2.05, 4.69) is 4.74 Å². The number of esters is 1. The van der Waals surface area contributed by atoms with Crippen LogP contribution in [-0.4, -0.2) is 28.8 Å². The molecule has 0 saturated heterocycles. The lowest BCUT2D eigenvalue weighted by Crippen LogP contribution is -2.06. The van der Waals surface area contributed by atoms with Crippen LogP contribution in [-0.2, 0) is 9.53 Å². The maximum Gasteiger partial charge on any atom is 0.302 e. The molecule has 0 bridgehead atoms. The molecule has 0 aromatic rings. The van der Waals surface area contributed by atoms with Crippen molar-refractivity contribution in [2.75, 3.05) is 0 Å². The van der Waals surface area contributed by atoms with Gasteiger partial charge in [0.1, 0.15) is 0 Å². The standard InChI is InChI=1S/C5H10O2.C3H8O.H2O/c1-4(2)7-5(3)6;1-3(2)4;/h4H,1-3H3;3-4H,1-2H3;1H2. The van der Waals surface area contributed by atoms with Crippen molar-refractivity contribution in [3.63, 3.8) is 0 Å². The van der Waals surface area contributed by atoms with E-state index in [1.807, 2.05) is 13.8 Å². The number of ether oxygens (including phenoxy) is 1. The van der Waals surface area contributed by atoms with E-state index in [0.29, 0.717) is 0 Å². The summed E-state index contributed by atoms with van der Waals surface area (Å²) in [6.07, 6.45) is -0.141. The number of hydrogen-bond acceptors (Lipinski definition) is 3. The van der Waals surface area contributed by atoms with Gasteiger partial charge < -0.3 is 15.3 Å². The molecule has 12 heavy (non-hydrogen) atoms. The van der Waals surface area contributed by atoms with Gasteiger partial charge in [-0.15, -0.1) is 0 Å². The maximum absolute atomic E-state index is 10.0. The van der Waals surface area contributed by atoms with E-state index < -0.39 is 0 Å². The summed E-state index contributed by atoms with van der Waals surface area (Å²) in [6, 6.07) is 0. The topological polar surface area (TPSA) is 78.0 Å². The third kappa shape index (κ3) is 57.5. The van der Waals surface area contributed by atoms with E-state index in [-0.39, 0.29) is 23.7 Å². The first-order valence-corrected chi connectivity index (χ1v) is 3.71. The van der Waals surface area contributed by atoms with E-state index >= 15 is 0 Å². The highest BCUT2D eigenvalue weighted by Gasteiger charge is 1.93. The fourth-order valence-electron chi connectivity index (χ4n) is 0.332. The Morgan fingerprint density at radius 2 is 1.50 bits per heavy atom. The van der Waals surface area contributed by atoms with Crippen LogP contribution in [0.25, 0.3) is 0 Å². The Morgan fingerprint density at radius 1 is 1.25 bits per heavy atom. The molecule has 4 heteroatoms. The lowest BCUT2D eigenvalue weighted by Gasteiger charge is -2.01. The SMILES string of the molecule is CC(=O)OC(C)C.CC(C)O.O. The Kier molecular flexibility index (Phi) is 15.1. The van der Waals surface area contributed by atoms with Gasteiger partial charge in [0.15, 0.2) is 0 Å². The van der Waals surface area contributed by atoms with E-state index in [0.717, 1.165) is 0 Å². The first-order valence-electron chi connectivity index (χ1n) is 3.71. The van der Waals surface area contributed by atoms with Crippen LogP contribution in [0.5, 0.6) is 0 Å². The van der Waals surface area contributed by atoms with Gasteiger partial charge in [-0.3, -0.25) is 4.79 Å². The summed E-state index contributed by atoms with van der Waals surface area (Å²) in [6.45, 7) is 8.49. The number of carbonyl (C=O) groups excluding carboxylic acids is 1. The van der Waals surface area contributed by atoms with E-state index in [9.17, 15) is 4.79 Å². The second-order valence-electron chi connectivity index (χ2n) is 2.75. The molecule has 0 spiro atoms. The second kappa shape index (κ2) is 10.4. The molecular weight excluding hydrogens is 160 g/mol. The van der Waals surface area contributed by atoms with Crippen LogP contribution < -0.4 is 0 Å². The molecule has 0 aliphatic carbocycles. The summed E-state index contributed by atoms with van der Waals surface area (Å²) in [5.74, 6) is -0.213. The van der Waals surface area contributed by atoms with Crippen LogP contribution >= 0.6 is 0 Å². The van der Waals surface area contributed by atoms with Gasteiger partial charge in [0.05, 0.1) is 6.10 Å². The van der Waals surface area contributed by atoms with Gasteiger partial charge in [0.25, 0.3) is 0 Å². The summed E-state index contributed by atoms with van der Waals surface area (Å²) in [5, 5.41) is 8.06. The van der Waals surface area contributed by atoms with Crippen molar-refractivity contribution < 1.29 is 20.1 Å². The minimum Gasteiger partial charge on any atom is -0.463 e. The zero-order valence-electron chi connectivity index (χ0n) is 8.42. The van der Waals surface area contributed by atoms with Crippen molar-refractivity contribution >= 4 is 5.97 Å². The predicted molar refractivity (Wildman–Crippen MR) is 47.9 cm³/mol. The predicted octanol–water partition coefficient (Wildman–Crippen LogP) is 0.520. The van der Waals surface area contributed by atoms with Crippen molar-refractivity contribution in [1.82, 2.24) is 0 Å². The maximum atomic E-state index is 10.0. The van der Waals surface area contributed by atoms with Crippen molar-refractivity contribution in [2.24, 2.45) is 0 Å². The smallest absolute Gasteiger partial charge is 0.302 e. The molecule has 0 amide bonds. The molecule has 0 heterocycles. The number of aliphatic hydroxyl groups excluding tert-OH is 1. The minimum absolute atomic E-state index is 0. The third-order valence-corrected chi connectivity index (χ3v) is 0.402. The second-order valence-corrected chi connectivity index (χ2v) is 2.75. The highest BCUT2D eigenvalue weighted by atomic mass is 16.5. The van der Waals surface area contributed by atoms with Gasteiger partial charge in [-0.25, -0.2) is 0 Å². The molecule has 0 unspecified atom stereocenters. The summed E-state index contributed by atoms with van der Waals surface area (Å²) < 4.78 is 4.61. The Hall–Kier alpha value is -0.610. The lowest BCUT2D eigenvalue weighted by atomic mass is 10.5.